The third-order valence-electron chi connectivity index (χ3n) is 5.66. The smallest absolute Gasteiger partial charge is 0.279 e. The number of pyridine rings is 1. The molecule has 0 N–H and O–H groups in total. The van der Waals surface area contributed by atoms with Gasteiger partial charge in [-0.15, -0.1) is 0 Å². The van der Waals surface area contributed by atoms with Crippen LogP contribution in [0.25, 0.3) is 33.1 Å². The van der Waals surface area contributed by atoms with Gasteiger partial charge in [-0.1, -0.05) is 24.6 Å². The summed E-state index contributed by atoms with van der Waals surface area (Å²) >= 11 is 0. The summed E-state index contributed by atoms with van der Waals surface area (Å²) in [7, 11) is 0. The van der Waals surface area contributed by atoms with Gasteiger partial charge in [0.1, 0.15) is 11.3 Å². The number of nitro groups is 1. The van der Waals surface area contributed by atoms with E-state index in [1.807, 2.05) is 30.3 Å². The fraction of sp³-hybridized carbons (Fsp3) is 0.261. The molecular formula is C23H21N3O3. The van der Waals surface area contributed by atoms with Crippen LogP contribution in [-0.4, -0.2) is 27.9 Å². The van der Waals surface area contributed by atoms with Crippen molar-refractivity contribution in [2.45, 2.75) is 25.8 Å². The molecule has 0 amide bonds. The number of hydrogen-bond acceptors (Lipinski definition) is 5. The van der Waals surface area contributed by atoms with Crippen LogP contribution in [-0.2, 0) is 6.54 Å². The summed E-state index contributed by atoms with van der Waals surface area (Å²) in [5, 5.41) is 14.1. The van der Waals surface area contributed by atoms with Crippen LogP contribution in [0, 0.1) is 10.1 Å². The van der Waals surface area contributed by atoms with E-state index in [-0.39, 0.29) is 10.6 Å². The topological polar surface area (TPSA) is 72.4 Å². The number of non-ortho nitro benzene ring substituents is 1. The van der Waals surface area contributed by atoms with Crippen LogP contribution >= 0.6 is 0 Å². The van der Waals surface area contributed by atoms with Crippen LogP contribution in [0.3, 0.4) is 0 Å². The maximum atomic E-state index is 11.8. The van der Waals surface area contributed by atoms with E-state index in [9.17, 15) is 10.1 Å². The normalized spacial score (nSPS) is 15.2. The van der Waals surface area contributed by atoms with Crippen molar-refractivity contribution in [3.8, 4) is 11.3 Å². The molecule has 2 aromatic carbocycles. The van der Waals surface area contributed by atoms with E-state index in [0.29, 0.717) is 11.1 Å². The molecule has 5 rings (SSSR count). The van der Waals surface area contributed by atoms with Gasteiger partial charge in [-0.2, -0.15) is 0 Å². The Labute approximate surface area is 167 Å². The van der Waals surface area contributed by atoms with Gasteiger partial charge in [0.2, 0.25) is 0 Å². The number of nitro benzene ring substituents is 1. The molecule has 29 heavy (non-hydrogen) atoms. The van der Waals surface area contributed by atoms with Gasteiger partial charge in [-0.05, 0) is 49.7 Å². The average Bonchev–Trinajstić information content (AvgIpc) is 3.17. The molecule has 0 saturated carbocycles. The molecule has 0 bridgehead atoms. The maximum absolute atomic E-state index is 11.8. The fourth-order valence-electron chi connectivity index (χ4n) is 4.24. The van der Waals surface area contributed by atoms with Crippen molar-refractivity contribution in [2.75, 3.05) is 13.1 Å². The minimum Gasteiger partial charge on any atom is -0.456 e. The third kappa shape index (κ3) is 3.36. The van der Waals surface area contributed by atoms with Crippen molar-refractivity contribution >= 4 is 27.4 Å². The van der Waals surface area contributed by atoms with E-state index in [4.69, 9.17) is 4.42 Å². The minimum absolute atomic E-state index is 0.0972. The quantitative estimate of drug-likeness (QED) is 0.339. The van der Waals surface area contributed by atoms with Crippen LogP contribution in [0.2, 0.25) is 0 Å². The SMILES string of the molecule is O=[N+]([O-])c1cc(CN2CCCCC2)cc2c(-c3cc4ccccc4o3)cncc12. The Morgan fingerprint density at radius 3 is 2.66 bits per heavy atom. The van der Waals surface area contributed by atoms with E-state index in [1.54, 1.807) is 18.5 Å². The Kier molecular flexibility index (Phi) is 4.48. The van der Waals surface area contributed by atoms with E-state index in [1.165, 1.54) is 19.3 Å². The number of fused-ring (bicyclic) bond motifs is 2. The molecule has 1 aliphatic rings. The standard InChI is InChI=1S/C23H21N3O3/c27-26(28)21-11-16(15-25-8-4-1-5-9-25)10-18-19(21)13-24-14-20(18)23-12-17-6-2-3-7-22(17)29-23/h2-3,6-7,10-14H,1,4-5,8-9,15H2. The maximum Gasteiger partial charge on any atom is 0.279 e. The predicted octanol–water partition coefficient (Wildman–Crippen LogP) is 5.54. The Bertz CT molecular complexity index is 1180. The van der Waals surface area contributed by atoms with Crippen LogP contribution in [0.5, 0.6) is 0 Å². The van der Waals surface area contributed by atoms with Crippen molar-refractivity contribution in [1.29, 1.82) is 0 Å². The summed E-state index contributed by atoms with van der Waals surface area (Å²) < 4.78 is 6.03. The largest absolute Gasteiger partial charge is 0.456 e. The first-order valence-electron chi connectivity index (χ1n) is 9.95. The Hall–Kier alpha value is -3.25. The molecule has 2 aromatic heterocycles. The first kappa shape index (κ1) is 17.8. The van der Waals surface area contributed by atoms with E-state index in [2.05, 4.69) is 16.0 Å². The number of aromatic nitrogens is 1. The lowest BCUT2D eigenvalue weighted by atomic mass is 10.0. The molecule has 1 saturated heterocycles. The van der Waals surface area contributed by atoms with E-state index >= 15 is 0 Å². The van der Waals surface area contributed by atoms with Crippen molar-refractivity contribution in [2.24, 2.45) is 0 Å². The van der Waals surface area contributed by atoms with Crippen molar-refractivity contribution in [3.63, 3.8) is 0 Å². The van der Waals surface area contributed by atoms with E-state index < -0.39 is 0 Å². The molecule has 4 aromatic rings. The van der Waals surface area contributed by atoms with Crippen molar-refractivity contribution in [3.05, 3.63) is 70.5 Å². The fourth-order valence-corrected chi connectivity index (χ4v) is 4.24. The molecule has 6 heteroatoms. The van der Waals surface area contributed by atoms with Gasteiger partial charge >= 0.3 is 0 Å². The Balaban J connectivity index is 1.66. The molecule has 146 valence electrons. The van der Waals surface area contributed by atoms with Crippen molar-refractivity contribution in [1.82, 2.24) is 9.88 Å². The zero-order chi connectivity index (χ0) is 19.8. The molecule has 6 nitrogen and oxygen atoms in total. The van der Waals surface area contributed by atoms with Crippen molar-refractivity contribution < 1.29 is 9.34 Å². The monoisotopic (exact) mass is 387 g/mol. The summed E-state index contributed by atoms with van der Waals surface area (Å²) in [6, 6.07) is 13.5. The van der Waals surface area contributed by atoms with Crippen LogP contribution in [0.1, 0.15) is 24.8 Å². The highest BCUT2D eigenvalue weighted by atomic mass is 16.6. The number of para-hydroxylation sites is 1. The second kappa shape index (κ2) is 7.29. The average molecular weight is 387 g/mol. The molecule has 0 radical (unpaired) electrons. The lowest BCUT2D eigenvalue weighted by molar-refractivity contribution is -0.383. The first-order valence-corrected chi connectivity index (χ1v) is 9.95. The summed E-state index contributed by atoms with van der Waals surface area (Å²) in [6.07, 6.45) is 6.93. The van der Waals surface area contributed by atoms with Gasteiger partial charge < -0.3 is 4.42 Å². The second-order valence-corrected chi connectivity index (χ2v) is 7.64. The Morgan fingerprint density at radius 2 is 1.86 bits per heavy atom. The summed E-state index contributed by atoms with van der Waals surface area (Å²) in [4.78, 5) is 18.1. The number of benzene rings is 2. The highest BCUT2D eigenvalue weighted by Crippen LogP contribution is 2.36. The molecule has 3 heterocycles. The molecule has 1 fully saturated rings. The number of nitrogens with zero attached hydrogens (tertiary/aromatic N) is 3. The van der Waals surface area contributed by atoms with Gasteiger partial charge in [0.25, 0.3) is 5.69 Å². The van der Waals surface area contributed by atoms with Crippen LogP contribution < -0.4 is 0 Å². The number of furan rings is 1. The highest BCUT2D eigenvalue weighted by molar-refractivity contribution is 6.01. The van der Waals surface area contributed by atoms with Gasteiger partial charge in [-0.25, -0.2) is 0 Å². The summed E-state index contributed by atoms with van der Waals surface area (Å²) in [5.41, 5.74) is 2.62. The molecular weight excluding hydrogens is 366 g/mol. The minimum atomic E-state index is -0.313. The molecule has 0 unspecified atom stereocenters. The van der Waals surface area contributed by atoms with E-state index in [0.717, 1.165) is 47.1 Å². The second-order valence-electron chi connectivity index (χ2n) is 7.64. The molecule has 0 spiro atoms. The molecule has 0 atom stereocenters. The van der Waals surface area contributed by atoms with Gasteiger partial charge in [0.15, 0.2) is 0 Å². The predicted molar refractivity (Wildman–Crippen MR) is 113 cm³/mol. The highest BCUT2D eigenvalue weighted by Gasteiger charge is 2.20. The van der Waals surface area contributed by atoms with Crippen LogP contribution in [0.4, 0.5) is 5.69 Å². The number of piperidine rings is 1. The third-order valence-corrected chi connectivity index (χ3v) is 5.66. The van der Waals surface area contributed by atoms with Gasteiger partial charge in [-0.3, -0.25) is 20.0 Å². The molecule has 1 aliphatic heterocycles. The lowest BCUT2D eigenvalue weighted by Crippen LogP contribution is -2.29. The van der Waals surface area contributed by atoms with Gasteiger partial charge in [0, 0.05) is 41.3 Å². The molecule has 0 aliphatic carbocycles. The number of likely N-dealkylation sites (tertiary alicyclic amines) is 1. The number of hydrogen-bond donors (Lipinski definition) is 0. The Morgan fingerprint density at radius 1 is 1.03 bits per heavy atom. The lowest BCUT2D eigenvalue weighted by Gasteiger charge is -2.26. The number of rotatable bonds is 4. The van der Waals surface area contributed by atoms with Gasteiger partial charge in [0.05, 0.1) is 10.3 Å². The van der Waals surface area contributed by atoms with Crippen LogP contribution in [0.15, 0.2) is 59.3 Å². The summed E-state index contributed by atoms with van der Waals surface area (Å²) in [6.45, 7) is 2.80. The zero-order valence-electron chi connectivity index (χ0n) is 16.0. The first-order chi connectivity index (χ1) is 14.2. The zero-order valence-corrected chi connectivity index (χ0v) is 16.0. The summed E-state index contributed by atoms with van der Waals surface area (Å²) in [5.74, 6) is 0.675.